The van der Waals surface area contributed by atoms with E-state index in [4.69, 9.17) is 17.3 Å². The summed E-state index contributed by atoms with van der Waals surface area (Å²) in [6.07, 6.45) is 0. The van der Waals surface area contributed by atoms with Gasteiger partial charge in [0.1, 0.15) is 5.52 Å². The molecule has 0 aliphatic rings. The van der Waals surface area contributed by atoms with Gasteiger partial charge in [0.2, 0.25) is 11.6 Å². The van der Waals surface area contributed by atoms with E-state index in [-0.39, 0.29) is 12.6 Å². The molecule has 2 heterocycles. The fourth-order valence-electron chi connectivity index (χ4n) is 2.58. The van der Waals surface area contributed by atoms with E-state index in [1.54, 1.807) is 6.07 Å². The lowest BCUT2D eigenvalue weighted by molar-refractivity contribution is 0.298. The Morgan fingerprint density at radius 2 is 2.15 bits per heavy atom. The van der Waals surface area contributed by atoms with Crippen LogP contribution in [0.5, 0.6) is 0 Å². The average Bonchev–Trinajstić information content (AvgIpc) is 3.08. The maximum absolute atomic E-state index is 9.32. The standard InChI is InChI=1S/C16H21ClN8O/c1-9(2)25(5-6-26)16-20-14(13-15(21-16)23-24-22-13)19-8-10-3-4-11(17)12(18)7-10/h3-4,7,9,26H,5-6,8,18H2,1-2H3,(H2,19,20,21,22,23,24). The maximum Gasteiger partial charge on any atom is 0.229 e. The first-order valence-corrected chi connectivity index (χ1v) is 8.61. The number of aromatic amines is 1. The molecule has 9 nitrogen and oxygen atoms in total. The number of aliphatic hydroxyl groups is 1. The Morgan fingerprint density at radius 1 is 1.35 bits per heavy atom. The van der Waals surface area contributed by atoms with Gasteiger partial charge in [0.25, 0.3) is 0 Å². The zero-order chi connectivity index (χ0) is 18.7. The number of hydrogen-bond acceptors (Lipinski definition) is 8. The van der Waals surface area contributed by atoms with Gasteiger partial charge in [-0.3, -0.25) is 5.10 Å². The Bertz CT molecular complexity index is 897. The molecule has 10 heteroatoms. The molecule has 0 atom stereocenters. The molecular weight excluding hydrogens is 356 g/mol. The van der Waals surface area contributed by atoms with Crippen LogP contribution in [0.3, 0.4) is 0 Å². The van der Waals surface area contributed by atoms with Crippen LogP contribution < -0.4 is 16.0 Å². The van der Waals surface area contributed by atoms with Gasteiger partial charge in [-0.2, -0.15) is 9.97 Å². The van der Waals surface area contributed by atoms with E-state index >= 15 is 0 Å². The van der Waals surface area contributed by atoms with Gasteiger partial charge in [0, 0.05) is 19.1 Å². The molecule has 0 unspecified atom stereocenters. The van der Waals surface area contributed by atoms with E-state index in [0.717, 1.165) is 5.56 Å². The van der Waals surface area contributed by atoms with Crippen molar-refractivity contribution in [3.05, 3.63) is 28.8 Å². The summed E-state index contributed by atoms with van der Waals surface area (Å²) in [5, 5.41) is 23.7. The Balaban J connectivity index is 1.91. The lowest BCUT2D eigenvalue weighted by Gasteiger charge is -2.26. The van der Waals surface area contributed by atoms with Crippen molar-refractivity contribution in [2.45, 2.75) is 26.4 Å². The minimum atomic E-state index is 0.00516. The molecule has 0 spiro atoms. The summed E-state index contributed by atoms with van der Waals surface area (Å²) in [5.74, 6) is 1.06. The number of aliphatic hydroxyl groups excluding tert-OH is 1. The normalized spacial score (nSPS) is 11.3. The first-order chi connectivity index (χ1) is 12.5. The van der Waals surface area contributed by atoms with Gasteiger partial charge in [-0.25, -0.2) is 0 Å². The van der Waals surface area contributed by atoms with Crippen LogP contribution in [-0.2, 0) is 6.54 Å². The lowest BCUT2D eigenvalue weighted by atomic mass is 10.2. The van der Waals surface area contributed by atoms with Gasteiger partial charge in [-0.05, 0) is 31.5 Å². The summed E-state index contributed by atoms with van der Waals surface area (Å²) >= 11 is 5.96. The molecule has 0 saturated carbocycles. The quantitative estimate of drug-likeness (QED) is 0.459. The molecule has 0 bridgehead atoms. The van der Waals surface area contributed by atoms with Crippen molar-refractivity contribution in [1.82, 2.24) is 25.4 Å². The molecule has 5 N–H and O–H groups in total. The van der Waals surface area contributed by atoms with Gasteiger partial charge in [0.05, 0.1) is 17.3 Å². The number of H-pyrrole nitrogens is 1. The Hall–Kier alpha value is -2.65. The van der Waals surface area contributed by atoms with E-state index in [9.17, 15) is 5.11 Å². The highest BCUT2D eigenvalue weighted by atomic mass is 35.5. The molecule has 0 radical (unpaired) electrons. The minimum Gasteiger partial charge on any atom is -0.398 e. The number of rotatable bonds is 7. The van der Waals surface area contributed by atoms with Crippen LogP contribution in [-0.4, -0.2) is 49.7 Å². The van der Waals surface area contributed by atoms with E-state index in [1.165, 1.54) is 0 Å². The summed E-state index contributed by atoms with van der Waals surface area (Å²) in [6, 6.07) is 5.58. The molecule has 2 aromatic heterocycles. The smallest absolute Gasteiger partial charge is 0.229 e. The van der Waals surface area contributed by atoms with Crippen molar-refractivity contribution in [1.29, 1.82) is 0 Å². The highest BCUT2D eigenvalue weighted by Crippen LogP contribution is 2.23. The summed E-state index contributed by atoms with van der Waals surface area (Å²) in [7, 11) is 0. The number of nitrogens with two attached hydrogens (primary N) is 1. The van der Waals surface area contributed by atoms with Gasteiger partial charge in [0.15, 0.2) is 5.82 Å². The van der Waals surface area contributed by atoms with Crippen molar-refractivity contribution in [3.8, 4) is 0 Å². The van der Waals surface area contributed by atoms with Crippen LogP contribution in [0.1, 0.15) is 19.4 Å². The summed E-state index contributed by atoms with van der Waals surface area (Å²) in [6.45, 7) is 4.94. The van der Waals surface area contributed by atoms with Crippen LogP contribution in [0, 0.1) is 0 Å². The Kier molecular flexibility index (Phi) is 5.38. The highest BCUT2D eigenvalue weighted by Gasteiger charge is 2.18. The van der Waals surface area contributed by atoms with Crippen LogP contribution in [0.25, 0.3) is 11.2 Å². The fourth-order valence-corrected chi connectivity index (χ4v) is 2.69. The number of benzene rings is 1. The number of aromatic nitrogens is 5. The highest BCUT2D eigenvalue weighted by molar-refractivity contribution is 6.33. The average molecular weight is 377 g/mol. The molecule has 3 aromatic rings. The molecule has 0 amide bonds. The minimum absolute atomic E-state index is 0.00516. The monoisotopic (exact) mass is 376 g/mol. The largest absolute Gasteiger partial charge is 0.398 e. The molecule has 26 heavy (non-hydrogen) atoms. The van der Waals surface area contributed by atoms with Crippen LogP contribution in [0.4, 0.5) is 17.5 Å². The number of fused-ring (bicyclic) bond motifs is 1. The van der Waals surface area contributed by atoms with E-state index in [2.05, 4.69) is 30.7 Å². The number of halogens is 1. The van der Waals surface area contributed by atoms with Crippen molar-refractivity contribution >= 4 is 40.2 Å². The molecule has 0 saturated heterocycles. The lowest BCUT2D eigenvalue weighted by Crippen LogP contribution is -2.35. The van der Waals surface area contributed by atoms with Crippen molar-refractivity contribution in [2.75, 3.05) is 29.1 Å². The third-order valence-corrected chi connectivity index (χ3v) is 4.27. The molecular formula is C16H21ClN8O. The molecule has 0 aliphatic carbocycles. The number of nitrogens with zero attached hydrogens (tertiary/aromatic N) is 5. The van der Waals surface area contributed by atoms with Gasteiger partial charge in [-0.15, -0.1) is 5.10 Å². The second-order valence-electron chi connectivity index (χ2n) is 6.10. The van der Waals surface area contributed by atoms with Crippen molar-refractivity contribution < 1.29 is 5.11 Å². The first-order valence-electron chi connectivity index (χ1n) is 8.23. The zero-order valence-corrected chi connectivity index (χ0v) is 15.3. The number of nitrogens with one attached hydrogen (secondary N) is 2. The van der Waals surface area contributed by atoms with Gasteiger partial charge < -0.3 is 21.1 Å². The third-order valence-electron chi connectivity index (χ3n) is 3.93. The van der Waals surface area contributed by atoms with Gasteiger partial charge in [-0.1, -0.05) is 22.9 Å². The second kappa shape index (κ2) is 7.71. The van der Waals surface area contributed by atoms with E-state index < -0.39 is 0 Å². The molecule has 0 aliphatic heterocycles. The number of hydrogen-bond donors (Lipinski definition) is 4. The molecule has 0 fully saturated rings. The molecule has 1 aromatic carbocycles. The summed E-state index contributed by atoms with van der Waals surface area (Å²) in [5.41, 5.74) is 8.41. The fraction of sp³-hybridized carbons (Fsp3) is 0.375. The van der Waals surface area contributed by atoms with Crippen LogP contribution in [0.2, 0.25) is 5.02 Å². The molecule has 3 rings (SSSR count). The Labute approximate surface area is 155 Å². The molecule has 138 valence electrons. The number of nitrogen functional groups attached to an aromatic ring is 1. The van der Waals surface area contributed by atoms with E-state index in [1.807, 2.05) is 30.9 Å². The summed E-state index contributed by atoms with van der Waals surface area (Å²) < 4.78 is 0. The number of anilines is 3. The van der Waals surface area contributed by atoms with Gasteiger partial charge >= 0.3 is 0 Å². The maximum atomic E-state index is 9.32. The topological polar surface area (TPSA) is 129 Å². The SMILES string of the molecule is CC(C)N(CCO)c1nc(NCc2ccc(Cl)c(N)c2)c2[nH]nnc2n1. The van der Waals surface area contributed by atoms with Crippen LogP contribution in [0.15, 0.2) is 18.2 Å². The predicted molar refractivity (Wildman–Crippen MR) is 102 cm³/mol. The Morgan fingerprint density at radius 3 is 2.85 bits per heavy atom. The van der Waals surface area contributed by atoms with E-state index in [0.29, 0.717) is 46.7 Å². The predicted octanol–water partition coefficient (Wildman–Crippen LogP) is 1.80. The summed E-state index contributed by atoms with van der Waals surface area (Å²) in [4.78, 5) is 10.9. The zero-order valence-electron chi connectivity index (χ0n) is 14.6. The van der Waals surface area contributed by atoms with Crippen molar-refractivity contribution in [3.63, 3.8) is 0 Å². The van der Waals surface area contributed by atoms with Crippen LogP contribution >= 0.6 is 11.6 Å². The second-order valence-corrected chi connectivity index (χ2v) is 6.51. The third kappa shape index (κ3) is 3.78. The van der Waals surface area contributed by atoms with Crippen molar-refractivity contribution in [2.24, 2.45) is 0 Å². The first kappa shape index (κ1) is 18.2.